The fourth-order valence-electron chi connectivity index (χ4n) is 1.98. The molecule has 1 rings (SSSR count). The van der Waals surface area contributed by atoms with Gasteiger partial charge in [-0.2, -0.15) is 0 Å². The van der Waals surface area contributed by atoms with E-state index in [1.54, 1.807) is 6.92 Å². The van der Waals surface area contributed by atoms with Gasteiger partial charge in [0.15, 0.2) is 0 Å². The fourth-order valence-corrected chi connectivity index (χ4v) is 1.98. The summed E-state index contributed by atoms with van der Waals surface area (Å²) in [7, 11) is 0. The Morgan fingerprint density at radius 3 is 2.31 bits per heavy atom. The molecule has 0 aromatic rings. The highest BCUT2D eigenvalue weighted by molar-refractivity contribution is 5.77. The molecule has 0 aromatic carbocycles. The van der Waals surface area contributed by atoms with E-state index in [1.165, 1.54) is 0 Å². The van der Waals surface area contributed by atoms with Crippen LogP contribution in [0.25, 0.3) is 0 Å². The minimum absolute atomic E-state index is 0.0457. The van der Waals surface area contributed by atoms with Crippen LogP contribution in [0.3, 0.4) is 0 Å². The number of hydrogen-bond donors (Lipinski definition) is 4. The van der Waals surface area contributed by atoms with E-state index in [-0.39, 0.29) is 24.5 Å². The Morgan fingerprint density at radius 1 is 1.44 bits per heavy atom. The molecule has 5 N–H and O–H groups in total. The van der Waals surface area contributed by atoms with Crippen molar-refractivity contribution in [2.45, 2.75) is 38.1 Å². The van der Waals surface area contributed by atoms with E-state index in [0.29, 0.717) is 13.0 Å². The van der Waals surface area contributed by atoms with Gasteiger partial charge in [0.2, 0.25) is 5.91 Å². The number of carbonyl (C=O) groups is 1. The van der Waals surface area contributed by atoms with Crippen molar-refractivity contribution >= 4 is 5.91 Å². The second kappa shape index (κ2) is 5.12. The van der Waals surface area contributed by atoms with Crippen LogP contribution in [0, 0.1) is 5.41 Å². The maximum Gasteiger partial charge on any atom is 0.221 e. The van der Waals surface area contributed by atoms with Crippen molar-refractivity contribution in [3.05, 3.63) is 0 Å². The van der Waals surface area contributed by atoms with Gasteiger partial charge in [-0.15, -0.1) is 0 Å². The predicted octanol–water partition coefficient (Wildman–Crippen LogP) is -0.635. The molecular weight excluding hydrogens is 208 g/mol. The normalized spacial score (nSPS) is 19.0. The minimum atomic E-state index is -0.934. The molecule has 0 aliphatic heterocycles. The first-order chi connectivity index (χ1) is 7.49. The van der Waals surface area contributed by atoms with Crippen molar-refractivity contribution in [1.82, 2.24) is 5.32 Å². The van der Waals surface area contributed by atoms with Gasteiger partial charge in [0, 0.05) is 6.42 Å². The number of nitrogens with one attached hydrogen (secondary N) is 1. The SMILES string of the molecule is CC(CO)(CO)NC(=O)CC1(CN)CCC1. The van der Waals surface area contributed by atoms with E-state index in [9.17, 15) is 4.79 Å². The molecule has 0 atom stereocenters. The average Bonchev–Trinajstić information content (AvgIpc) is 2.23. The van der Waals surface area contributed by atoms with E-state index in [0.717, 1.165) is 19.3 Å². The second-order valence-electron chi connectivity index (χ2n) is 5.16. The molecule has 0 spiro atoms. The molecule has 0 aromatic heterocycles. The van der Waals surface area contributed by atoms with Crippen LogP contribution in [0.2, 0.25) is 0 Å². The van der Waals surface area contributed by atoms with Crippen LogP contribution in [0.15, 0.2) is 0 Å². The first kappa shape index (κ1) is 13.4. The van der Waals surface area contributed by atoms with E-state index in [1.807, 2.05) is 0 Å². The minimum Gasteiger partial charge on any atom is -0.394 e. The maximum absolute atomic E-state index is 11.8. The van der Waals surface area contributed by atoms with Crippen molar-refractivity contribution in [1.29, 1.82) is 0 Å². The topological polar surface area (TPSA) is 95.6 Å². The third-order valence-electron chi connectivity index (χ3n) is 3.52. The van der Waals surface area contributed by atoms with Gasteiger partial charge in [-0.25, -0.2) is 0 Å². The van der Waals surface area contributed by atoms with Crippen molar-refractivity contribution in [2.75, 3.05) is 19.8 Å². The van der Waals surface area contributed by atoms with Gasteiger partial charge in [-0.05, 0) is 31.7 Å². The summed E-state index contributed by atoms with van der Waals surface area (Å²) in [5.74, 6) is -0.143. The molecule has 1 aliphatic rings. The molecule has 0 radical (unpaired) electrons. The summed E-state index contributed by atoms with van der Waals surface area (Å²) < 4.78 is 0. The number of rotatable bonds is 6. The van der Waals surface area contributed by atoms with Crippen LogP contribution in [-0.4, -0.2) is 41.4 Å². The van der Waals surface area contributed by atoms with Crippen molar-refractivity contribution in [3.8, 4) is 0 Å². The molecule has 16 heavy (non-hydrogen) atoms. The summed E-state index contributed by atoms with van der Waals surface area (Å²) in [6.45, 7) is 1.59. The third-order valence-corrected chi connectivity index (χ3v) is 3.52. The van der Waals surface area contributed by atoms with Gasteiger partial charge < -0.3 is 21.3 Å². The number of carbonyl (C=O) groups excluding carboxylic acids is 1. The summed E-state index contributed by atoms with van der Waals surface area (Å²) in [4.78, 5) is 11.8. The highest BCUT2D eigenvalue weighted by Gasteiger charge is 2.38. The number of aliphatic hydroxyl groups is 2. The smallest absolute Gasteiger partial charge is 0.221 e. The second-order valence-corrected chi connectivity index (χ2v) is 5.16. The molecule has 94 valence electrons. The summed E-state index contributed by atoms with van der Waals surface area (Å²) in [6.07, 6.45) is 3.50. The van der Waals surface area contributed by atoms with E-state index in [2.05, 4.69) is 5.32 Å². The molecule has 0 bridgehead atoms. The van der Waals surface area contributed by atoms with Gasteiger partial charge in [-0.3, -0.25) is 4.79 Å². The standard InChI is InChI=1S/C11H22N2O3/c1-10(7-14,8-15)13-9(16)5-11(6-12)3-2-4-11/h14-15H,2-8,12H2,1H3,(H,13,16). The summed E-state index contributed by atoms with van der Waals surface area (Å²) in [6, 6.07) is 0. The van der Waals surface area contributed by atoms with Crippen LogP contribution in [-0.2, 0) is 4.79 Å². The maximum atomic E-state index is 11.8. The lowest BCUT2D eigenvalue weighted by Crippen LogP contribution is -2.53. The molecule has 5 nitrogen and oxygen atoms in total. The highest BCUT2D eigenvalue weighted by atomic mass is 16.3. The number of amides is 1. The quantitative estimate of drug-likeness (QED) is 0.488. The fraction of sp³-hybridized carbons (Fsp3) is 0.909. The van der Waals surface area contributed by atoms with Gasteiger partial charge >= 0.3 is 0 Å². The van der Waals surface area contributed by atoms with Crippen molar-refractivity contribution in [3.63, 3.8) is 0 Å². The molecule has 0 unspecified atom stereocenters. The summed E-state index contributed by atoms with van der Waals surface area (Å²) >= 11 is 0. The van der Waals surface area contributed by atoms with Gasteiger partial charge in [0.1, 0.15) is 0 Å². The monoisotopic (exact) mass is 230 g/mol. The largest absolute Gasteiger partial charge is 0.394 e. The summed E-state index contributed by atoms with van der Waals surface area (Å²) in [5.41, 5.74) is 4.69. The van der Waals surface area contributed by atoms with Crippen LogP contribution >= 0.6 is 0 Å². The Balaban J connectivity index is 2.46. The van der Waals surface area contributed by atoms with Gasteiger partial charge in [0.25, 0.3) is 0 Å². The van der Waals surface area contributed by atoms with Crippen LogP contribution < -0.4 is 11.1 Å². The lowest BCUT2D eigenvalue weighted by molar-refractivity contribution is -0.127. The van der Waals surface area contributed by atoms with Gasteiger partial charge in [0.05, 0.1) is 18.8 Å². The van der Waals surface area contributed by atoms with E-state index < -0.39 is 5.54 Å². The highest BCUT2D eigenvalue weighted by Crippen LogP contribution is 2.42. The molecule has 1 saturated carbocycles. The Hall–Kier alpha value is -0.650. The van der Waals surface area contributed by atoms with Gasteiger partial charge in [-0.1, -0.05) is 6.42 Å². The Labute approximate surface area is 96.0 Å². The number of hydrogen-bond acceptors (Lipinski definition) is 4. The predicted molar refractivity (Wildman–Crippen MR) is 60.7 cm³/mol. The van der Waals surface area contributed by atoms with Crippen molar-refractivity contribution < 1.29 is 15.0 Å². The molecule has 1 amide bonds. The van der Waals surface area contributed by atoms with E-state index in [4.69, 9.17) is 15.9 Å². The number of nitrogens with two attached hydrogens (primary N) is 1. The zero-order valence-corrected chi connectivity index (χ0v) is 9.83. The Bertz CT molecular complexity index is 225. The zero-order valence-electron chi connectivity index (χ0n) is 9.83. The molecule has 1 aliphatic carbocycles. The lowest BCUT2D eigenvalue weighted by atomic mass is 9.66. The third kappa shape index (κ3) is 2.93. The molecule has 0 saturated heterocycles. The molecule has 5 heteroatoms. The Kier molecular flexibility index (Phi) is 4.29. The first-order valence-corrected chi connectivity index (χ1v) is 5.72. The van der Waals surface area contributed by atoms with Crippen LogP contribution in [0.4, 0.5) is 0 Å². The number of aliphatic hydroxyl groups excluding tert-OH is 2. The average molecular weight is 230 g/mol. The Morgan fingerprint density at radius 2 is 2.00 bits per heavy atom. The zero-order chi connectivity index (χ0) is 12.2. The molecule has 1 fully saturated rings. The van der Waals surface area contributed by atoms with Crippen LogP contribution in [0.5, 0.6) is 0 Å². The molecule has 0 heterocycles. The molecular formula is C11H22N2O3. The first-order valence-electron chi connectivity index (χ1n) is 5.72. The van der Waals surface area contributed by atoms with E-state index >= 15 is 0 Å². The lowest BCUT2D eigenvalue weighted by Gasteiger charge is -2.41. The summed E-state index contributed by atoms with van der Waals surface area (Å²) in [5, 5.41) is 20.8. The van der Waals surface area contributed by atoms with Crippen LogP contribution in [0.1, 0.15) is 32.6 Å². The van der Waals surface area contributed by atoms with Crippen molar-refractivity contribution in [2.24, 2.45) is 11.1 Å².